The molecule has 0 bridgehead atoms. The Hall–Kier alpha value is -5.52. The summed E-state index contributed by atoms with van der Waals surface area (Å²) >= 11 is 0. The smallest absolute Gasteiger partial charge is 0.350 e. The number of methoxy groups -OCH3 is 1. The van der Waals surface area contributed by atoms with E-state index in [1.165, 1.54) is 25.7 Å². The Morgan fingerprint density at radius 3 is 2.69 bits per heavy atom. The number of rotatable bonds is 7. The second kappa shape index (κ2) is 9.95. The van der Waals surface area contributed by atoms with Gasteiger partial charge in [0.2, 0.25) is 6.04 Å². The topological polar surface area (TPSA) is 209 Å². The van der Waals surface area contributed by atoms with Gasteiger partial charge in [0.25, 0.3) is 11.9 Å². The van der Waals surface area contributed by atoms with Gasteiger partial charge in [0, 0.05) is 12.4 Å². The van der Waals surface area contributed by atoms with E-state index < -0.39 is 23.3 Å². The zero-order valence-corrected chi connectivity index (χ0v) is 17.9. The monoisotopic (exact) mass is 473 g/mol. The quantitative estimate of drug-likeness (QED) is 0.323. The first-order valence-corrected chi connectivity index (χ1v) is 9.81. The largest absolute Gasteiger partial charge is 0.495 e. The van der Waals surface area contributed by atoms with E-state index in [1.807, 2.05) is 11.1 Å². The molecule has 1 unspecified atom stereocenters. The van der Waals surface area contributed by atoms with E-state index in [4.69, 9.17) is 4.74 Å². The van der Waals surface area contributed by atoms with Crippen LogP contribution in [0.1, 0.15) is 17.4 Å². The van der Waals surface area contributed by atoms with Crippen molar-refractivity contribution in [2.24, 2.45) is 10.2 Å². The summed E-state index contributed by atoms with van der Waals surface area (Å²) in [6, 6.07) is 8.48. The maximum absolute atomic E-state index is 13.2. The predicted molar refractivity (Wildman–Crippen MR) is 118 cm³/mol. The van der Waals surface area contributed by atoms with Gasteiger partial charge in [0.1, 0.15) is 17.4 Å². The molecule has 1 aromatic carbocycles. The molecule has 15 nitrogen and oxygen atoms in total. The summed E-state index contributed by atoms with van der Waals surface area (Å²) < 4.78 is 6.37. The summed E-state index contributed by atoms with van der Waals surface area (Å²) in [4.78, 5) is 52.7. The van der Waals surface area contributed by atoms with E-state index in [0.29, 0.717) is 11.4 Å². The van der Waals surface area contributed by atoms with Gasteiger partial charge in [-0.3, -0.25) is 14.8 Å². The van der Waals surface area contributed by atoms with Crippen LogP contribution in [-0.4, -0.2) is 47.7 Å². The average molecular weight is 473 g/mol. The molecule has 3 N–H and O–H groups in total. The highest BCUT2D eigenvalue weighted by Crippen LogP contribution is 2.27. The number of nitrogens with one attached hydrogen (secondary N) is 3. The number of carbonyl (C=O) groups excluding carboxylic acids is 1. The maximum Gasteiger partial charge on any atom is 0.350 e. The van der Waals surface area contributed by atoms with Gasteiger partial charge in [-0.25, -0.2) is 19.6 Å². The van der Waals surface area contributed by atoms with Crippen LogP contribution in [0, 0.1) is 11.3 Å². The molecule has 0 aliphatic carbocycles. The van der Waals surface area contributed by atoms with Crippen LogP contribution < -0.4 is 21.4 Å². The zero-order valence-electron chi connectivity index (χ0n) is 17.9. The molecule has 1 atom stereocenters. The van der Waals surface area contributed by atoms with Crippen LogP contribution in [0.3, 0.4) is 0 Å². The Labute approximate surface area is 195 Å². The number of para-hydroxylation sites is 2. The number of benzene rings is 1. The first-order chi connectivity index (χ1) is 17.0. The predicted octanol–water partition coefficient (Wildman–Crippen LogP) is 0.778. The summed E-state index contributed by atoms with van der Waals surface area (Å²) in [7, 11) is 1.42. The third kappa shape index (κ3) is 4.96. The van der Waals surface area contributed by atoms with E-state index in [0.717, 1.165) is 4.68 Å². The van der Waals surface area contributed by atoms with Gasteiger partial charge < -0.3 is 10.1 Å². The average Bonchev–Trinajstić information content (AvgIpc) is 3.27. The maximum atomic E-state index is 13.2. The molecule has 15 heteroatoms. The van der Waals surface area contributed by atoms with Crippen molar-refractivity contribution in [1.82, 2.24) is 34.7 Å². The first kappa shape index (κ1) is 22.7. The second-order valence-corrected chi connectivity index (χ2v) is 6.64. The Morgan fingerprint density at radius 1 is 1.20 bits per heavy atom. The van der Waals surface area contributed by atoms with E-state index >= 15 is 0 Å². The molecule has 35 heavy (non-hydrogen) atoms. The number of aromatic amines is 2. The number of H-pyrrole nitrogens is 2. The van der Waals surface area contributed by atoms with Crippen molar-refractivity contribution < 1.29 is 9.53 Å². The number of carbonyl (C=O) groups is 1. The third-order valence-corrected chi connectivity index (χ3v) is 4.43. The fraction of sp³-hybridized carbons (Fsp3) is 0.100. The molecule has 3 aromatic heterocycles. The molecular weight excluding hydrogens is 458 g/mol. The number of hydrogen-bond donors (Lipinski definition) is 3. The van der Waals surface area contributed by atoms with Crippen LogP contribution in [0.2, 0.25) is 0 Å². The van der Waals surface area contributed by atoms with Crippen molar-refractivity contribution in [1.29, 1.82) is 5.26 Å². The van der Waals surface area contributed by atoms with Crippen molar-refractivity contribution in [3.05, 3.63) is 81.3 Å². The third-order valence-electron chi connectivity index (χ3n) is 4.43. The van der Waals surface area contributed by atoms with Gasteiger partial charge in [0.05, 0.1) is 19.0 Å². The lowest BCUT2D eigenvalue weighted by atomic mass is 10.2. The van der Waals surface area contributed by atoms with E-state index in [1.54, 1.807) is 30.3 Å². The van der Waals surface area contributed by atoms with Crippen LogP contribution in [0.25, 0.3) is 5.95 Å². The number of aromatic nitrogens is 7. The summed E-state index contributed by atoms with van der Waals surface area (Å²) in [6.45, 7) is 0. The fourth-order valence-electron chi connectivity index (χ4n) is 2.90. The zero-order chi connectivity index (χ0) is 24.8. The summed E-state index contributed by atoms with van der Waals surface area (Å²) in [5.74, 6) is -0.806. The highest BCUT2D eigenvalue weighted by molar-refractivity contribution is 5.96. The van der Waals surface area contributed by atoms with Gasteiger partial charge in [-0.05, 0) is 18.2 Å². The standard InChI is InChI=1S/C20H15N11O4/c1-35-13-6-3-2-5-12(13)25-17(32)14(15-26-19(33)28-20(34)27-15)29-30-16-11(9-21)10-24-31(16)18-22-7-4-8-23-18/h2-8,10,14H,1H3,(H,25,32)(H2,26,27,28,33,34). The van der Waals surface area contributed by atoms with Gasteiger partial charge >= 0.3 is 11.4 Å². The molecule has 0 aliphatic rings. The highest BCUT2D eigenvalue weighted by atomic mass is 16.5. The Kier molecular flexibility index (Phi) is 6.45. The van der Waals surface area contributed by atoms with Crippen molar-refractivity contribution in [2.75, 3.05) is 12.4 Å². The van der Waals surface area contributed by atoms with Gasteiger partial charge in [-0.2, -0.15) is 25.1 Å². The number of nitriles is 1. The lowest BCUT2D eigenvalue weighted by molar-refractivity contribution is -0.117. The number of anilines is 1. The van der Waals surface area contributed by atoms with Crippen LogP contribution in [0.4, 0.5) is 11.5 Å². The van der Waals surface area contributed by atoms with Crippen molar-refractivity contribution in [3.63, 3.8) is 0 Å². The number of hydrogen-bond acceptors (Lipinski definition) is 11. The molecule has 0 spiro atoms. The van der Waals surface area contributed by atoms with Crippen molar-refractivity contribution >= 4 is 17.4 Å². The van der Waals surface area contributed by atoms with Crippen LogP contribution in [0.15, 0.2) is 68.7 Å². The Morgan fingerprint density at radius 2 is 1.97 bits per heavy atom. The molecule has 174 valence electrons. The summed E-state index contributed by atoms with van der Waals surface area (Å²) in [6.07, 6.45) is 4.15. The molecule has 0 saturated heterocycles. The molecule has 4 rings (SSSR count). The van der Waals surface area contributed by atoms with E-state index in [2.05, 4.69) is 40.6 Å². The summed E-state index contributed by atoms with van der Waals surface area (Å²) in [5.41, 5.74) is -1.58. The van der Waals surface area contributed by atoms with Crippen molar-refractivity contribution in [2.45, 2.75) is 6.04 Å². The molecule has 3 heterocycles. The van der Waals surface area contributed by atoms with E-state index in [9.17, 15) is 19.6 Å². The SMILES string of the molecule is COc1ccccc1NC(=O)C(N=Nc1c(C#N)cnn1-c1ncccn1)c1nc(=O)[nH]c(=O)[nH]1. The lowest BCUT2D eigenvalue weighted by Crippen LogP contribution is -2.31. The molecule has 1 amide bonds. The number of azo groups is 1. The van der Waals surface area contributed by atoms with Crippen molar-refractivity contribution in [3.8, 4) is 17.8 Å². The molecule has 0 aliphatic heterocycles. The van der Waals surface area contributed by atoms with Gasteiger partial charge in [-0.15, -0.1) is 5.11 Å². The Balaban J connectivity index is 1.78. The molecule has 0 fully saturated rings. The summed E-state index contributed by atoms with van der Waals surface area (Å²) in [5, 5.41) is 24.1. The normalized spacial score (nSPS) is 11.7. The molecule has 0 radical (unpaired) electrons. The molecule has 4 aromatic rings. The minimum atomic E-state index is -1.60. The van der Waals surface area contributed by atoms with Gasteiger partial charge in [-0.1, -0.05) is 12.1 Å². The van der Waals surface area contributed by atoms with Crippen LogP contribution in [0.5, 0.6) is 5.75 Å². The minimum Gasteiger partial charge on any atom is -0.495 e. The lowest BCUT2D eigenvalue weighted by Gasteiger charge is -2.13. The minimum absolute atomic E-state index is 0.0115. The number of nitrogens with zero attached hydrogens (tertiary/aromatic N) is 8. The number of amides is 1. The first-order valence-electron chi connectivity index (χ1n) is 9.81. The molecular formula is C20H15N11O4. The van der Waals surface area contributed by atoms with Crippen LogP contribution >= 0.6 is 0 Å². The second-order valence-electron chi connectivity index (χ2n) is 6.64. The van der Waals surface area contributed by atoms with E-state index in [-0.39, 0.29) is 23.2 Å². The number of ether oxygens (including phenoxy) is 1. The molecule has 0 saturated carbocycles. The van der Waals surface area contributed by atoms with Gasteiger partial charge in [0.15, 0.2) is 11.6 Å². The highest BCUT2D eigenvalue weighted by Gasteiger charge is 2.26. The van der Waals surface area contributed by atoms with Crippen LogP contribution in [-0.2, 0) is 4.79 Å². The Bertz CT molecular complexity index is 1520. The fourth-order valence-corrected chi connectivity index (χ4v) is 2.90.